The Hall–Kier alpha value is -1.79. The molecule has 0 amide bonds. The smallest absolute Gasteiger partial charge is 0.421 e. The number of halogens is 3. The zero-order chi connectivity index (χ0) is 11.6. The summed E-state index contributed by atoms with van der Waals surface area (Å²) in [6.07, 6.45) is -5.25. The van der Waals surface area contributed by atoms with Gasteiger partial charge in [-0.3, -0.25) is 9.59 Å². The predicted octanol–water partition coefficient (Wildman–Crippen LogP) is 1.02. The Kier molecular flexibility index (Phi) is 2.83. The van der Waals surface area contributed by atoms with Crippen LogP contribution < -0.4 is 5.56 Å². The molecule has 0 spiro atoms. The number of hydrogen-bond donors (Lipinski definition) is 2. The van der Waals surface area contributed by atoms with E-state index >= 15 is 0 Å². The van der Waals surface area contributed by atoms with Crippen LogP contribution in [0.4, 0.5) is 13.2 Å². The highest BCUT2D eigenvalue weighted by molar-refractivity contribution is 5.69. The van der Waals surface area contributed by atoms with Crippen molar-refractivity contribution in [2.75, 3.05) is 0 Å². The second-order valence-electron chi connectivity index (χ2n) is 2.79. The molecule has 15 heavy (non-hydrogen) atoms. The fraction of sp³-hybridized carbons (Fsp3) is 0.250. The van der Waals surface area contributed by atoms with Crippen molar-refractivity contribution in [3.8, 4) is 0 Å². The van der Waals surface area contributed by atoms with Crippen LogP contribution in [0.5, 0.6) is 0 Å². The van der Waals surface area contributed by atoms with E-state index in [0.717, 1.165) is 6.07 Å². The first-order valence-corrected chi connectivity index (χ1v) is 3.82. The molecule has 2 N–H and O–H groups in total. The molecule has 1 heterocycles. The normalized spacial score (nSPS) is 11.4. The Bertz CT molecular complexity index is 435. The quantitative estimate of drug-likeness (QED) is 0.783. The van der Waals surface area contributed by atoms with Crippen LogP contribution in [0.1, 0.15) is 11.3 Å². The minimum atomic E-state index is -4.73. The summed E-state index contributed by atoms with van der Waals surface area (Å²) in [5.74, 6) is -1.23. The van der Waals surface area contributed by atoms with E-state index in [1.807, 2.05) is 4.98 Å². The minimum Gasteiger partial charge on any atom is -0.481 e. The van der Waals surface area contributed by atoms with Crippen molar-refractivity contribution in [2.24, 2.45) is 0 Å². The molecule has 1 aromatic heterocycles. The molecule has 0 saturated heterocycles. The molecule has 7 heteroatoms. The first kappa shape index (κ1) is 11.3. The zero-order valence-corrected chi connectivity index (χ0v) is 7.26. The number of carboxylic acids is 1. The Morgan fingerprint density at radius 1 is 1.40 bits per heavy atom. The predicted molar refractivity (Wildman–Crippen MR) is 43.4 cm³/mol. The van der Waals surface area contributed by atoms with Crippen LogP contribution in [0.3, 0.4) is 0 Å². The molecule has 0 aliphatic heterocycles. The van der Waals surface area contributed by atoms with Gasteiger partial charge in [-0.15, -0.1) is 0 Å². The molecule has 0 bridgehead atoms. The van der Waals surface area contributed by atoms with Crippen LogP contribution in [0.2, 0.25) is 0 Å². The number of aliphatic carboxylic acids is 1. The zero-order valence-electron chi connectivity index (χ0n) is 7.26. The van der Waals surface area contributed by atoms with Crippen molar-refractivity contribution < 1.29 is 23.1 Å². The van der Waals surface area contributed by atoms with Gasteiger partial charge in [0.2, 0.25) is 0 Å². The summed E-state index contributed by atoms with van der Waals surface area (Å²) in [6.45, 7) is 0. The Labute approximate surface area is 81.4 Å². The molecule has 4 nitrogen and oxygen atoms in total. The average Bonchev–Trinajstić information content (AvgIpc) is 1.99. The second-order valence-corrected chi connectivity index (χ2v) is 2.79. The number of carboxylic acid groups (broad SMARTS) is 1. The molecule has 1 aromatic rings. The Balaban J connectivity index is 3.10. The van der Waals surface area contributed by atoms with Crippen molar-refractivity contribution in [3.63, 3.8) is 0 Å². The van der Waals surface area contributed by atoms with Gasteiger partial charge in [0, 0.05) is 5.69 Å². The second kappa shape index (κ2) is 3.76. The highest BCUT2D eigenvalue weighted by atomic mass is 19.4. The molecule has 0 fully saturated rings. The molecule has 0 radical (unpaired) electrons. The van der Waals surface area contributed by atoms with Gasteiger partial charge in [-0.1, -0.05) is 0 Å². The van der Waals surface area contributed by atoms with E-state index in [-0.39, 0.29) is 5.69 Å². The summed E-state index contributed by atoms with van der Waals surface area (Å²) in [5, 5.41) is 8.34. The third kappa shape index (κ3) is 2.83. The Morgan fingerprint density at radius 2 is 2.00 bits per heavy atom. The first-order chi connectivity index (χ1) is 6.80. The van der Waals surface area contributed by atoms with Crippen LogP contribution in [0, 0.1) is 0 Å². The average molecular weight is 221 g/mol. The molecule has 0 saturated carbocycles. The molecule has 0 aromatic carbocycles. The summed E-state index contributed by atoms with van der Waals surface area (Å²) < 4.78 is 36.3. The molecule has 82 valence electrons. The van der Waals surface area contributed by atoms with E-state index in [0.29, 0.717) is 6.07 Å². The third-order valence-corrected chi connectivity index (χ3v) is 1.62. The van der Waals surface area contributed by atoms with Crippen molar-refractivity contribution in [2.45, 2.75) is 12.6 Å². The van der Waals surface area contributed by atoms with Gasteiger partial charge in [0.25, 0.3) is 5.56 Å². The summed E-state index contributed by atoms with van der Waals surface area (Å²) >= 11 is 0. The van der Waals surface area contributed by atoms with E-state index < -0.39 is 29.7 Å². The van der Waals surface area contributed by atoms with Gasteiger partial charge < -0.3 is 10.1 Å². The maximum Gasteiger partial charge on any atom is 0.421 e. The number of rotatable bonds is 2. The molecule has 0 aliphatic rings. The summed E-state index contributed by atoms with van der Waals surface area (Å²) in [7, 11) is 0. The maximum absolute atomic E-state index is 12.1. The molecule has 0 unspecified atom stereocenters. The van der Waals surface area contributed by atoms with E-state index in [2.05, 4.69) is 0 Å². The van der Waals surface area contributed by atoms with Gasteiger partial charge in [0.15, 0.2) is 0 Å². The summed E-state index contributed by atoms with van der Waals surface area (Å²) in [4.78, 5) is 23.0. The van der Waals surface area contributed by atoms with Gasteiger partial charge >= 0.3 is 12.1 Å². The topological polar surface area (TPSA) is 70.2 Å². The number of alkyl halides is 3. The molecule has 0 atom stereocenters. The molecule has 0 aliphatic carbocycles. The minimum absolute atomic E-state index is 0.0690. The number of carbonyl (C=O) groups is 1. The fourth-order valence-electron chi connectivity index (χ4n) is 1.00. The fourth-order valence-corrected chi connectivity index (χ4v) is 1.00. The van der Waals surface area contributed by atoms with E-state index in [9.17, 15) is 22.8 Å². The van der Waals surface area contributed by atoms with Crippen molar-refractivity contribution >= 4 is 5.97 Å². The van der Waals surface area contributed by atoms with Crippen LogP contribution in [-0.2, 0) is 17.4 Å². The van der Waals surface area contributed by atoms with Gasteiger partial charge in [-0.05, 0) is 12.1 Å². The van der Waals surface area contributed by atoms with Crippen LogP contribution >= 0.6 is 0 Å². The number of hydrogen-bond acceptors (Lipinski definition) is 2. The van der Waals surface area contributed by atoms with E-state index in [4.69, 9.17) is 5.11 Å². The largest absolute Gasteiger partial charge is 0.481 e. The highest BCUT2D eigenvalue weighted by Gasteiger charge is 2.33. The van der Waals surface area contributed by atoms with Gasteiger partial charge in [-0.25, -0.2) is 0 Å². The van der Waals surface area contributed by atoms with Gasteiger partial charge in [0.05, 0.1) is 6.42 Å². The lowest BCUT2D eigenvalue weighted by molar-refractivity contribution is -0.138. The number of nitrogens with one attached hydrogen (secondary N) is 1. The van der Waals surface area contributed by atoms with E-state index in [1.165, 1.54) is 0 Å². The van der Waals surface area contributed by atoms with Crippen molar-refractivity contribution in [3.05, 3.63) is 33.7 Å². The lowest BCUT2D eigenvalue weighted by Crippen LogP contribution is -2.22. The lowest BCUT2D eigenvalue weighted by atomic mass is 10.2. The number of H-pyrrole nitrogens is 1. The number of aromatic amines is 1. The summed E-state index contributed by atoms with van der Waals surface area (Å²) in [6, 6.07) is 1.50. The highest BCUT2D eigenvalue weighted by Crippen LogP contribution is 2.25. The van der Waals surface area contributed by atoms with E-state index in [1.54, 1.807) is 0 Å². The first-order valence-electron chi connectivity index (χ1n) is 3.82. The lowest BCUT2D eigenvalue weighted by Gasteiger charge is -2.05. The molecular formula is C8H6F3NO3. The van der Waals surface area contributed by atoms with Crippen LogP contribution in [-0.4, -0.2) is 16.1 Å². The van der Waals surface area contributed by atoms with Gasteiger partial charge in [0.1, 0.15) is 5.56 Å². The van der Waals surface area contributed by atoms with Crippen LogP contribution in [0.15, 0.2) is 16.9 Å². The van der Waals surface area contributed by atoms with Gasteiger partial charge in [-0.2, -0.15) is 13.2 Å². The third-order valence-electron chi connectivity index (χ3n) is 1.62. The van der Waals surface area contributed by atoms with Crippen LogP contribution in [0.25, 0.3) is 0 Å². The summed E-state index contributed by atoms with van der Waals surface area (Å²) in [5.41, 5.74) is -2.74. The Morgan fingerprint density at radius 3 is 2.40 bits per heavy atom. The van der Waals surface area contributed by atoms with Crippen molar-refractivity contribution in [1.82, 2.24) is 4.98 Å². The number of pyridine rings is 1. The molecular weight excluding hydrogens is 215 g/mol. The standard InChI is InChI=1S/C8H6F3NO3/c9-8(10,11)5-2-1-4(3-6(13)14)12-7(5)15/h1-2H,3H2,(H,12,15)(H,13,14). The SMILES string of the molecule is O=C(O)Cc1ccc(C(F)(F)F)c(=O)[nH]1. The molecule has 1 rings (SSSR count). The number of aromatic nitrogens is 1. The van der Waals surface area contributed by atoms with Crippen molar-refractivity contribution in [1.29, 1.82) is 0 Å². The monoisotopic (exact) mass is 221 g/mol. The maximum atomic E-state index is 12.1.